The SMILES string of the molecule is CS(=O)(=O)c1nc2c(c(=O)[nH]1)CN(Cc1cc(F)c(O)c(Cl)c1)CC2. The molecule has 0 atom stereocenters. The number of benzene rings is 1. The van der Waals surface area contributed by atoms with Gasteiger partial charge in [0.1, 0.15) is 0 Å². The fourth-order valence-electron chi connectivity index (χ4n) is 2.74. The van der Waals surface area contributed by atoms with Crippen molar-refractivity contribution >= 4 is 21.4 Å². The van der Waals surface area contributed by atoms with Crippen LogP contribution in [-0.4, -0.2) is 41.2 Å². The lowest BCUT2D eigenvalue weighted by atomic mass is 10.1. The normalized spacial score (nSPS) is 15.2. The molecule has 1 aromatic carbocycles. The summed E-state index contributed by atoms with van der Waals surface area (Å²) in [5.41, 5.74) is 0.908. The van der Waals surface area contributed by atoms with E-state index in [9.17, 15) is 22.7 Å². The summed E-state index contributed by atoms with van der Waals surface area (Å²) in [6.45, 7) is 1.10. The Labute approximate surface area is 148 Å². The van der Waals surface area contributed by atoms with Gasteiger partial charge in [-0.15, -0.1) is 0 Å². The van der Waals surface area contributed by atoms with E-state index >= 15 is 0 Å². The van der Waals surface area contributed by atoms with E-state index in [1.54, 1.807) is 0 Å². The number of aromatic nitrogens is 2. The molecule has 134 valence electrons. The molecule has 7 nitrogen and oxygen atoms in total. The van der Waals surface area contributed by atoms with Crippen LogP contribution in [0.15, 0.2) is 22.1 Å². The van der Waals surface area contributed by atoms with E-state index in [2.05, 4.69) is 9.97 Å². The molecule has 0 saturated carbocycles. The Morgan fingerprint density at radius 1 is 1.44 bits per heavy atom. The summed E-state index contributed by atoms with van der Waals surface area (Å²) in [6.07, 6.45) is 1.38. The number of nitrogens with zero attached hydrogens (tertiary/aromatic N) is 2. The number of halogens is 2. The highest BCUT2D eigenvalue weighted by Crippen LogP contribution is 2.28. The molecule has 0 fully saturated rings. The van der Waals surface area contributed by atoms with Crippen LogP contribution < -0.4 is 5.56 Å². The summed E-state index contributed by atoms with van der Waals surface area (Å²) in [4.78, 5) is 20.4. The number of phenols is 1. The Kier molecular flexibility index (Phi) is 4.56. The van der Waals surface area contributed by atoms with Crippen LogP contribution in [0.1, 0.15) is 16.8 Å². The molecule has 0 spiro atoms. The van der Waals surface area contributed by atoms with Crippen LogP contribution in [-0.2, 0) is 29.3 Å². The molecule has 3 rings (SSSR count). The van der Waals surface area contributed by atoms with Crippen LogP contribution in [0.25, 0.3) is 0 Å². The van der Waals surface area contributed by atoms with Crippen molar-refractivity contribution in [1.29, 1.82) is 0 Å². The predicted octanol–water partition coefficient (Wildman–Crippen LogP) is 1.23. The lowest BCUT2D eigenvalue weighted by molar-refractivity contribution is 0.240. The van der Waals surface area contributed by atoms with Gasteiger partial charge < -0.3 is 5.11 Å². The first-order valence-corrected chi connectivity index (χ1v) is 9.63. The molecule has 2 aromatic rings. The second-order valence-electron chi connectivity index (χ2n) is 5.94. The zero-order chi connectivity index (χ0) is 18.4. The molecule has 0 saturated heterocycles. The molecule has 2 heterocycles. The van der Waals surface area contributed by atoms with Gasteiger partial charge in [-0.2, -0.15) is 0 Å². The molecule has 0 bridgehead atoms. The number of phenolic OH excluding ortho intramolecular Hbond substituents is 1. The maximum atomic E-state index is 13.6. The first-order chi connectivity index (χ1) is 11.6. The van der Waals surface area contributed by atoms with Crippen molar-refractivity contribution < 1.29 is 17.9 Å². The first-order valence-electron chi connectivity index (χ1n) is 7.36. The van der Waals surface area contributed by atoms with Crippen molar-refractivity contribution in [3.63, 3.8) is 0 Å². The number of hydrogen-bond acceptors (Lipinski definition) is 6. The summed E-state index contributed by atoms with van der Waals surface area (Å²) in [6, 6.07) is 2.65. The van der Waals surface area contributed by atoms with Crippen molar-refractivity contribution in [3.8, 4) is 5.75 Å². The average Bonchev–Trinajstić information content (AvgIpc) is 2.52. The maximum absolute atomic E-state index is 13.6. The number of aromatic hydroxyl groups is 1. The van der Waals surface area contributed by atoms with Crippen LogP contribution in [0.4, 0.5) is 4.39 Å². The molecular formula is C15H15ClFN3O4S. The minimum absolute atomic E-state index is 0.0790. The molecule has 10 heteroatoms. The quantitative estimate of drug-likeness (QED) is 0.768. The van der Waals surface area contributed by atoms with Gasteiger partial charge in [-0.05, 0) is 17.7 Å². The monoisotopic (exact) mass is 387 g/mol. The molecule has 0 amide bonds. The molecule has 0 aliphatic carbocycles. The Balaban J connectivity index is 1.86. The molecule has 25 heavy (non-hydrogen) atoms. The highest BCUT2D eigenvalue weighted by molar-refractivity contribution is 7.90. The third-order valence-electron chi connectivity index (χ3n) is 3.96. The van der Waals surface area contributed by atoms with Gasteiger partial charge in [0.15, 0.2) is 11.6 Å². The minimum atomic E-state index is -3.59. The number of H-pyrrole nitrogens is 1. The fourth-order valence-corrected chi connectivity index (χ4v) is 3.52. The van der Waals surface area contributed by atoms with Crippen molar-refractivity contribution in [2.24, 2.45) is 0 Å². The molecule has 0 unspecified atom stereocenters. The second-order valence-corrected chi connectivity index (χ2v) is 8.28. The number of hydrogen-bond donors (Lipinski definition) is 2. The zero-order valence-corrected chi connectivity index (χ0v) is 14.8. The average molecular weight is 388 g/mol. The number of nitrogens with one attached hydrogen (secondary N) is 1. The van der Waals surface area contributed by atoms with E-state index < -0.39 is 27.0 Å². The molecular weight excluding hydrogens is 373 g/mol. The highest BCUT2D eigenvalue weighted by atomic mass is 35.5. The fraction of sp³-hybridized carbons (Fsp3) is 0.333. The van der Waals surface area contributed by atoms with Crippen LogP contribution in [0.3, 0.4) is 0 Å². The van der Waals surface area contributed by atoms with Crippen LogP contribution >= 0.6 is 11.6 Å². The Bertz CT molecular complexity index is 983. The summed E-state index contributed by atoms with van der Waals surface area (Å²) < 4.78 is 36.7. The summed E-state index contributed by atoms with van der Waals surface area (Å²) in [5.74, 6) is -1.40. The molecule has 0 radical (unpaired) electrons. The van der Waals surface area contributed by atoms with E-state index in [1.807, 2.05) is 4.90 Å². The maximum Gasteiger partial charge on any atom is 0.256 e. The summed E-state index contributed by atoms with van der Waals surface area (Å²) in [7, 11) is -3.59. The summed E-state index contributed by atoms with van der Waals surface area (Å²) >= 11 is 5.77. The van der Waals surface area contributed by atoms with Gasteiger partial charge in [0.2, 0.25) is 15.0 Å². The predicted molar refractivity (Wildman–Crippen MR) is 88.9 cm³/mol. The van der Waals surface area contributed by atoms with Crippen LogP contribution in [0.5, 0.6) is 5.75 Å². The topological polar surface area (TPSA) is 103 Å². The van der Waals surface area contributed by atoms with E-state index in [-0.39, 0.29) is 16.7 Å². The first kappa shape index (κ1) is 17.8. The van der Waals surface area contributed by atoms with E-state index in [0.717, 1.165) is 6.26 Å². The van der Waals surface area contributed by atoms with Gasteiger partial charge in [0, 0.05) is 32.3 Å². The highest BCUT2D eigenvalue weighted by Gasteiger charge is 2.24. The number of sulfone groups is 1. The molecule has 1 aliphatic rings. The van der Waals surface area contributed by atoms with Crippen molar-refractivity contribution in [1.82, 2.24) is 14.9 Å². The second kappa shape index (κ2) is 6.40. The number of aromatic amines is 1. The lowest BCUT2D eigenvalue weighted by Crippen LogP contribution is -2.36. The Hall–Kier alpha value is -1.97. The van der Waals surface area contributed by atoms with Crippen molar-refractivity contribution in [2.75, 3.05) is 12.8 Å². The summed E-state index contributed by atoms with van der Waals surface area (Å²) in [5, 5.41) is 8.96. The largest absolute Gasteiger partial charge is 0.504 e. The third kappa shape index (κ3) is 3.68. The van der Waals surface area contributed by atoms with E-state index in [1.165, 1.54) is 12.1 Å². The zero-order valence-electron chi connectivity index (χ0n) is 13.2. The van der Waals surface area contributed by atoms with Gasteiger partial charge in [-0.25, -0.2) is 17.8 Å². The molecule has 1 aliphatic heterocycles. The number of rotatable bonds is 3. The van der Waals surface area contributed by atoms with E-state index in [4.69, 9.17) is 11.6 Å². The smallest absolute Gasteiger partial charge is 0.256 e. The van der Waals surface area contributed by atoms with Gasteiger partial charge >= 0.3 is 0 Å². The van der Waals surface area contributed by atoms with Crippen LogP contribution in [0, 0.1) is 5.82 Å². The van der Waals surface area contributed by atoms with Crippen LogP contribution in [0.2, 0.25) is 5.02 Å². The third-order valence-corrected chi connectivity index (χ3v) is 5.14. The Morgan fingerprint density at radius 2 is 2.16 bits per heavy atom. The van der Waals surface area contributed by atoms with Crippen molar-refractivity contribution in [3.05, 3.63) is 50.1 Å². The number of fused-ring (bicyclic) bond motifs is 1. The van der Waals surface area contributed by atoms with Crippen molar-refractivity contribution in [2.45, 2.75) is 24.7 Å². The minimum Gasteiger partial charge on any atom is -0.504 e. The van der Waals surface area contributed by atoms with Gasteiger partial charge in [-0.1, -0.05) is 11.6 Å². The lowest BCUT2D eigenvalue weighted by Gasteiger charge is -2.27. The molecule has 2 N–H and O–H groups in total. The van der Waals surface area contributed by atoms with Gasteiger partial charge in [0.25, 0.3) is 5.56 Å². The van der Waals surface area contributed by atoms with E-state index in [0.29, 0.717) is 36.3 Å². The Morgan fingerprint density at radius 3 is 2.80 bits per heavy atom. The molecule has 1 aromatic heterocycles. The standard InChI is InChI=1S/C15H15ClFN3O4S/c1-25(23,24)15-18-12-2-3-20(7-9(12)14(22)19-15)6-8-4-10(16)13(21)11(17)5-8/h4-5,21H,2-3,6-7H2,1H3,(H,18,19,22). The van der Waals surface area contributed by atoms with Gasteiger partial charge in [0.05, 0.1) is 16.3 Å². The van der Waals surface area contributed by atoms with Gasteiger partial charge in [-0.3, -0.25) is 14.7 Å².